The lowest BCUT2D eigenvalue weighted by atomic mass is 10.2. The molecule has 1 N–H and O–H groups in total. The molecule has 0 atom stereocenters. The third-order valence-corrected chi connectivity index (χ3v) is 2.80. The van der Waals surface area contributed by atoms with Gasteiger partial charge in [-0.3, -0.25) is 0 Å². The summed E-state index contributed by atoms with van der Waals surface area (Å²) in [5.41, 5.74) is 1.50. The Kier molecular flexibility index (Phi) is 6.42. The van der Waals surface area contributed by atoms with Crippen molar-refractivity contribution in [3.05, 3.63) is 53.7 Å². The first-order valence-corrected chi connectivity index (χ1v) is 7.09. The molecule has 2 rings (SSSR count). The Labute approximate surface area is 134 Å². The first-order chi connectivity index (χ1) is 11.3. The van der Waals surface area contributed by atoms with Crippen LogP contribution in [0.25, 0.3) is 0 Å². The number of alkyl carbamates (subject to hydrolysis) is 1. The molecule has 1 aromatic heterocycles. The van der Waals surface area contributed by atoms with E-state index < -0.39 is 6.09 Å². The van der Waals surface area contributed by atoms with E-state index in [1.54, 1.807) is 12.1 Å². The molecule has 118 valence electrons. The molecule has 6 nitrogen and oxygen atoms in total. The molecular weight excluding hydrogens is 294 g/mol. The van der Waals surface area contributed by atoms with E-state index in [1.807, 2.05) is 30.3 Å². The van der Waals surface area contributed by atoms with Gasteiger partial charge in [-0.1, -0.05) is 36.3 Å². The minimum Gasteiger partial charge on any atom is -0.480 e. The second-order valence-electron chi connectivity index (χ2n) is 4.50. The van der Waals surface area contributed by atoms with Gasteiger partial charge in [-0.05, 0) is 17.6 Å². The maximum atomic E-state index is 11.5. The lowest BCUT2D eigenvalue weighted by molar-refractivity contribution is 0.140. The Balaban J connectivity index is 1.65. The van der Waals surface area contributed by atoms with Crippen molar-refractivity contribution in [1.82, 2.24) is 15.5 Å². The van der Waals surface area contributed by atoms with Gasteiger partial charge in [0.05, 0.1) is 7.11 Å². The highest BCUT2D eigenvalue weighted by atomic mass is 16.5. The second-order valence-corrected chi connectivity index (χ2v) is 4.50. The van der Waals surface area contributed by atoms with Crippen LogP contribution >= 0.6 is 0 Å². The maximum Gasteiger partial charge on any atom is 0.407 e. The quantitative estimate of drug-likeness (QED) is 0.676. The smallest absolute Gasteiger partial charge is 0.407 e. The van der Waals surface area contributed by atoms with E-state index in [0.29, 0.717) is 24.5 Å². The standard InChI is InChI=1S/C17H17N3O3/c1-22-16-11-10-15(19-20-16)9-5-6-12-18-17(21)23-13-14-7-3-2-4-8-14/h2-4,7-8,10-11H,6,12-13H2,1H3,(H,18,21). The van der Waals surface area contributed by atoms with Crippen molar-refractivity contribution in [2.75, 3.05) is 13.7 Å². The highest BCUT2D eigenvalue weighted by molar-refractivity contribution is 5.67. The molecule has 23 heavy (non-hydrogen) atoms. The average molecular weight is 311 g/mol. The number of methoxy groups -OCH3 is 1. The zero-order valence-electron chi connectivity index (χ0n) is 12.8. The second kappa shape index (κ2) is 9.05. The Bertz CT molecular complexity index is 676. The van der Waals surface area contributed by atoms with Crippen molar-refractivity contribution in [2.45, 2.75) is 13.0 Å². The van der Waals surface area contributed by atoms with E-state index in [2.05, 4.69) is 27.4 Å². The number of nitrogens with one attached hydrogen (secondary N) is 1. The minimum absolute atomic E-state index is 0.250. The Morgan fingerprint density at radius 2 is 2.00 bits per heavy atom. The van der Waals surface area contributed by atoms with Crippen LogP contribution in [0.5, 0.6) is 5.88 Å². The van der Waals surface area contributed by atoms with Crippen LogP contribution in [-0.4, -0.2) is 29.9 Å². The van der Waals surface area contributed by atoms with Gasteiger partial charge in [0, 0.05) is 19.0 Å². The maximum absolute atomic E-state index is 11.5. The first kappa shape index (κ1) is 16.3. The fraction of sp³-hybridized carbons (Fsp3) is 0.235. The van der Waals surface area contributed by atoms with E-state index in [4.69, 9.17) is 9.47 Å². The van der Waals surface area contributed by atoms with Crippen molar-refractivity contribution in [3.63, 3.8) is 0 Å². The molecule has 0 fully saturated rings. The summed E-state index contributed by atoms with van der Waals surface area (Å²) in [4.78, 5) is 11.5. The molecule has 2 aromatic rings. The Morgan fingerprint density at radius 3 is 2.70 bits per heavy atom. The normalized spacial score (nSPS) is 9.43. The summed E-state index contributed by atoms with van der Waals surface area (Å²) in [6.07, 6.45) is 0.0358. The van der Waals surface area contributed by atoms with Crippen LogP contribution in [0.3, 0.4) is 0 Å². The highest BCUT2D eigenvalue weighted by Gasteiger charge is 2.00. The number of aromatic nitrogens is 2. The fourth-order valence-corrected chi connectivity index (χ4v) is 1.65. The number of hydrogen-bond acceptors (Lipinski definition) is 5. The van der Waals surface area contributed by atoms with Crippen LogP contribution in [0.4, 0.5) is 4.79 Å². The number of benzene rings is 1. The highest BCUT2D eigenvalue weighted by Crippen LogP contribution is 2.02. The number of hydrogen-bond donors (Lipinski definition) is 1. The van der Waals surface area contributed by atoms with Gasteiger partial charge in [0.1, 0.15) is 12.3 Å². The third kappa shape index (κ3) is 6.06. The molecule has 1 amide bonds. The van der Waals surface area contributed by atoms with Gasteiger partial charge >= 0.3 is 6.09 Å². The lowest BCUT2D eigenvalue weighted by Gasteiger charge is -2.05. The summed E-state index contributed by atoms with van der Waals surface area (Å²) in [6, 6.07) is 12.9. The summed E-state index contributed by atoms with van der Waals surface area (Å²) in [5.74, 6) is 6.20. The SMILES string of the molecule is COc1ccc(C#CCCNC(=O)OCc2ccccc2)nn1. The molecule has 0 spiro atoms. The largest absolute Gasteiger partial charge is 0.480 e. The van der Waals surface area contributed by atoms with E-state index in [0.717, 1.165) is 5.56 Å². The number of carbonyl (C=O) groups excluding carboxylic acids is 1. The van der Waals surface area contributed by atoms with Gasteiger partial charge in [0.25, 0.3) is 0 Å². The van der Waals surface area contributed by atoms with Gasteiger partial charge in [0.2, 0.25) is 5.88 Å². The molecule has 0 unspecified atom stereocenters. The lowest BCUT2D eigenvalue weighted by Crippen LogP contribution is -2.24. The molecule has 1 aromatic carbocycles. The molecule has 0 saturated heterocycles. The van der Waals surface area contributed by atoms with Gasteiger partial charge < -0.3 is 14.8 Å². The van der Waals surface area contributed by atoms with Crippen molar-refractivity contribution in [2.24, 2.45) is 0 Å². The summed E-state index contributed by atoms with van der Waals surface area (Å²) in [5, 5.41) is 10.3. The third-order valence-electron chi connectivity index (χ3n) is 2.80. The van der Waals surface area contributed by atoms with E-state index in [9.17, 15) is 4.79 Å². The molecular formula is C17H17N3O3. The number of rotatable bonds is 5. The van der Waals surface area contributed by atoms with Crippen LogP contribution < -0.4 is 10.1 Å². The van der Waals surface area contributed by atoms with Crippen LogP contribution in [0.1, 0.15) is 17.7 Å². The van der Waals surface area contributed by atoms with Gasteiger partial charge in [-0.25, -0.2) is 4.79 Å². The monoisotopic (exact) mass is 311 g/mol. The van der Waals surface area contributed by atoms with E-state index in [1.165, 1.54) is 7.11 Å². The Morgan fingerprint density at radius 1 is 1.17 bits per heavy atom. The molecule has 0 aliphatic carbocycles. The van der Waals surface area contributed by atoms with E-state index in [-0.39, 0.29) is 6.61 Å². The van der Waals surface area contributed by atoms with Crippen LogP contribution in [-0.2, 0) is 11.3 Å². The predicted molar refractivity (Wildman–Crippen MR) is 84.7 cm³/mol. The summed E-state index contributed by atoms with van der Waals surface area (Å²) < 4.78 is 9.99. The van der Waals surface area contributed by atoms with Gasteiger partial charge in [-0.2, -0.15) is 0 Å². The number of carbonyl (C=O) groups is 1. The number of nitrogens with zero attached hydrogens (tertiary/aromatic N) is 2. The van der Waals surface area contributed by atoms with E-state index >= 15 is 0 Å². The minimum atomic E-state index is -0.458. The summed E-state index contributed by atoms with van der Waals surface area (Å²) in [6.45, 7) is 0.657. The van der Waals surface area contributed by atoms with Crippen molar-refractivity contribution < 1.29 is 14.3 Å². The van der Waals surface area contributed by atoms with Crippen LogP contribution in [0.15, 0.2) is 42.5 Å². The number of amides is 1. The molecule has 0 radical (unpaired) electrons. The molecule has 0 bridgehead atoms. The average Bonchev–Trinajstić information content (AvgIpc) is 2.61. The molecule has 0 saturated carbocycles. The van der Waals surface area contributed by atoms with Gasteiger partial charge in [0.15, 0.2) is 0 Å². The molecule has 1 heterocycles. The molecule has 0 aliphatic rings. The fourth-order valence-electron chi connectivity index (χ4n) is 1.65. The Hall–Kier alpha value is -3.07. The van der Waals surface area contributed by atoms with Gasteiger partial charge in [-0.15, -0.1) is 10.2 Å². The van der Waals surface area contributed by atoms with Crippen molar-refractivity contribution >= 4 is 6.09 Å². The first-order valence-electron chi connectivity index (χ1n) is 7.09. The summed E-state index contributed by atoms with van der Waals surface area (Å²) >= 11 is 0. The predicted octanol–water partition coefficient (Wildman–Crippen LogP) is 2.15. The molecule has 0 aliphatic heterocycles. The van der Waals surface area contributed by atoms with Crippen molar-refractivity contribution in [1.29, 1.82) is 0 Å². The number of ether oxygens (including phenoxy) is 2. The topological polar surface area (TPSA) is 73.3 Å². The summed E-state index contributed by atoms with van der Waals surface area (Å²) in [7, 11) is 1.53. The van der Waals surface area contributed by atoms with Crippen LogP contribution in [0, 0.1) is 11.8 Å². The zero-order valence-corrected chi connectivity index (χ0v) is 12.8. The van der Waals surface area contributed by atoms with Crippen LogP contribution in [0.2, 0.25) is 0 Å². The van der Waals surface area contributed by atoms with Crippen molar-refractivity contribution in [3.8, 4) is 17.7 Å². The zero-order chi connectivity index (χ0) is 16.3. The molecule has 6 heteroatoms.